The van der Waals surface area contributed by atoms with Crippen LogP contribution in [0.3, 0.4) is 0 Å². The molecule has 0 fully saturated rings. The van der Waals surface area contributed by atoms with Crippen LogP contribution in [-0.2, 0) is 9.59 Å². The first-order chi connectivity index (χ1) is 11.0. The van der Waals surface area contributed by atoms with E-state index in [2.05, 4.69) is 10.6 Å². The van der Waals surface area contributed by atoms with E-state index in [1.54, 1.807) is 42.5 Å². The number of ether oxygens (including phenoxy) is 1. The molecule has 1 aliphatic heterocycles. The van der Waals surface area contributed by atoms with Crippen LogP contribution in [0.4, 0.5) is 11.4 Å². The fourth-order valence-corrected chi connectivity index (χ4v) is 3.00. The van der Waals surface area contributed by atoms with Gasteiger partial charge in [-0.15, -0.1) is 11.3 Å². The molecule has 1 atom stereocenters. The van der Waals surface area contributed by atoms with E-state index >= 15 is 0 Å². The van der Waals surface area contributed by atoms with E-state index in [0.29, 0.717) is 17.1 Å². The summed E-state index contributed by atoms with van der Waals surface area (Å²) in [4.78, 5) is 24.7. The molecule has 0 saturated carbocycles. The minimum absolute atomic E-state index is 0.200. The van der Waals surface area contributed by atoms with E-state index in [0.717, 1.165) is 10.4 Å². The van der Waals surface area contributed by atoms with Crippen molar-refractivity contribution in [3.8, 4) is 5.75 Å². The Bertz CT molecular complexity index is 795. The number of fused-ring (bicyclic) bond motifs is 1. The van der Waals surface area contributed by atoms with Gasteiger partial charge in [0.1, 0.15) is 5.75 Å². The van der Waals surface area contributed by atoms with Gasteiger partial charge in [0.25, 0.3) is 5.91 Å². The van der Waals surface area contributed by atoms with Gasteiger partial charge in [0.05, 0.1) is 5.69 Å². The lowest BCUT2D eigenvalue weighted by Gasteiger charge is -2.23. The highest BCUT2D eigenvalue weighted by molar-refractivity contribution is 7.11. The number of carbonyl (C=O) groups excluding carboxylic acids is 2. The number of carbonyl (C=O) groups is 2. The summed E-state index contributed by atoms with van der Waals surface area (Å²) in [7, 11) is 0. The third-order valence-electron chi connectivity index (χ3n) is 3.47. The minimum Gasteiger partial charge on any atom is -0.479 e. The third kappa shape index (κ3) is 3.43. The van der Waals surface area contributed by atoms with Crippen LogP contribution >= 0.6 is 11.3 Å². The maximum atomic E-state index is 12.0. The Labute approximate surface area is 138 Å². The molecule has 0 aliphatic carbocycles. The standard InChI is InChI=1S/C17H16N2O3S/c1-10-7-8-23-15(10)5-6-16(20)18-12-3-4-14-13(9-12)19-17(21)11(2)22-14/h3-9,11H,1-2H3,(H,18,20)(H,19,21)/b6-5+/t11-/m1/s1. The molecule has 23 heavy (non-hydrogen) atoms. The first-order valence-corrected chi connectivity index (χ1v) is 8.05. The second-order valence-electron chi connectivity index (χ2n) is 5.25. The van der Waals surface area contributed by atoms with E-state index in [9.17, 15) is 9.59 Å². The molecule has 2 amide bonds. The summed E-state index contributed by atoms with van der Waals surface area (Å²) < 4.78 is 5.48. The summed E-state index contributed by atoms with van der Waals surface area (Å²) in [5.41, 5.74) is 2.30. The molecule has 0 radical (unpaired) electrons. The zero-order chi connectivity index (χ0) is 16.4. The lowest BCUT2D eigenvalue weighted by Crippen LogP contribution is -2.34. The van der Waals surface area contributed by atoms with Crippen molar-refractivity contribution in [2.45, 2.75) is 20.0 Å². The van der Waals surface area contributed by atoms with Crippen molar-refractivity contribution < 1.29 is 14.3 Å². The summed E-state index contributed by atoms with van der Waals surface area (Å²) in [6.07, 6.45) is 2.77. The quantitative estimate of drug-likeness (QED) is 0.848. The number of aryl methyl sites for hydroxylation is 1. The van der Waals surface area contributed by atoms with Crippen LogP contribution in [0.5, 0.6) is 5.75 Å². The average Bonchev–Trinajstić information content (AvgIpc) is 2.92. The van der Waals surface area contributed by atoms with Gasteiger partial charge in [0.15, 0.2) is 6.10 Å². The van der Waals surface area contributed by atoms with Crippen LogP contribution in [0.15, 0.2) is 35.7 Å². The molecule has 0 saturated heterocycles. The van der Waals surface area contributed by atoms with Gasteiger partial charge in [-0.25, -0.2) is 0 Å². The van der Waals surface area contributed by atoms with Gasteiger partial charge in [-0.05, 0) is 55.1 Å². The summed E-state index contributed by atoms with van der Waals surface area (Å²) in [5, 5.41) is 7.51. The van der Waals surface area contributed by atoms with Crippen molar-refractivity contribution in [1.29, 1.82) is 0 Å². The predicted molar refractivity (Wildman–Crippen MR) is 91.9 cm³/mol. The Kier molecular flexibility index (Phi) is 4.16. The molecule has 6 heteroatoms. The second-order valence-corrected chi connectivity index (χ2v) is 6.20. The van der Waals surface area contributed by atoms with Crippen LogP contribution in [0.2, 0.25) is 0 Å². The average molecular weight is 328 g/mol. The van der Waals surface area contributed by atoms with Gasteiger partial charge >= 0.3 is 0 Å². The molecule has 2 aromatic rings. The molecule has 0 bridgehead atoms. The molecule has 0 unspecified atom stereocenters. The Morgan fingerprint density at radius 3 is 2.96 bits per heavy atom. The molecule has 2 heterocycles. The lowest BCUT2D eigenvalue weighted by atomic mass is 10.2. The van der Waals surface area contributed by atoms with E-state index in [-0.39, 0.29) is 11.8 Å². The van der Waals surface area contributed by atoms with E-state index in [4.69, 9.17) is 4.74 Å². The number of amides is 2. The third-order valence-corrected chi connectivity index (χ3v) is 4.45. The molecule has 5 nitrogen and oxygen atoms in total. The lowest BCUT2D eigenvalue weighted by molar-refractivity contribution is -0.122. The smallest absolute Gasteiger partial charge is 0.265 e. The summed E-state index contributed by atoms with van der Waals surface area (Å²) >= 11 is 1.59. The molecule has 3 rings (SSSR count). The summed E-state index contributed by atoms with van der Waals surface area (Å²) in [6, 6.07) is 7.16. The van der Waals surface area contributed by atoms with Gasteiger partial charge in [0.2, 0.25) is 5.91 Å². The van der Waals surface area contributed by atoms with Crippen molar-refractivity contribution in [3.63, 3.8) is 0 Å². The molecule has 1 aliphatic rings. The highest BCUT2D eigenvalue weighted by Crippen LogP contribution is 2.32. The van der Waals surface area contributed by atoms with Gasteiger partial charge < -0.3 is 15.4 Å². The molecule has 0 spiro atoms. The van der Waals surface area contributed by atoms with Crippen LogP contribution < -0.4 is 15.4 Å². The summed E-state index contributed by atoms with van der Waals surface area (Å²) in [6.45, 7) is 3.69. The minimum atomic E-state index is -0.514. The summed E-state index contributed by atoms with van der Waals surface area (Å²) in [5.74, 6) is 0.170. The fraction of sp³-hybridized carbons (Fsp3) is 0.176. The van der Waals surface area contributed by atoms with Gasteiger partial charge in [-0.3, -0.25) is 9.59 Å². The van der Waals surface area contributed by atoms with Crippen LogP contribution in [0, 0.1) is 6.92 Å². The number of hydrogen-bond donors (Lipinski definition) is 2. The number of benzene rings is 1. The number of anilines is 2. The molecular weight excluding hydrogens is 312 g/mol. The maximum absolute atomic E-state index is 12.0. The Hall–Kier alpha value is -2.60. The second kappa shape index (κ2) is 6.26. The zero-order valence-corrected chi connectivity index (χ0v) is 13.6. The molecule has 2 N–H and O–H groups in total. The van der Waals surface area contributed by atoms with Crippen molar-refractivity contribution in [1.82, 2.24) is 0 Å². The van der Waals surface area contributed by atoms with Crippen molar-refractivity contribution in [2.75, 3.05) is 10.6 Å². The Balaban J connectivity index is 1.70. The van der Waals surface area contributed by atoms with Crippen LogP contribution in [0.1, 0.15) is 17.4 Å². The first kappa shape index (κ1) is 15.3. The predicted octanol–water partition coefficient (Wildman–Crippen LogP) is 3.43. The molecule has 1 aromatic heterocycles. The van der Waals surface area contributed by atoms with Crippen molar-refractivity contribution in [3.05, 3.63) is 46.2 Å². The van der Waals surface area contributed by atoms with Gasteiger partial charge in [-0.1, -0.05) is 0 Å². The number of hydrogen-bond acceptors (Lipinski definition) is 4. The number of rotatable bonds is 3. The number of nitrogens with one attached hydrogen (secondary N) is 2. The van der Waals surface area contributed by atoms with Crippen LogP contribution in [-0.4, -0.2) is 17.9 Å². The number of thiophene rings is 1. The van der Waals surface area contributed by atoms with E-state index in [1.807, 2.05) is 18.4 Å². The highest BCUT2D eigenvalue weighted by Gasteiger charge is 2.23. The highest BCUT2D eigenvalue weighted by atomic mass is 32.1. The molecule has 118 valence electrons. The SMILES string of the molecule is Cc1ccsc1/C=C/C(=O)Nc1ccc2c(c1)NC(=O)[C@@H](C)O2. The first-order valence-electron chi connectivity index (χ1n) is 7.17. The Morgan fingerprint density at radius 2 is 2.22 bits per heavy atom. The zero-order valence-electron chi connectivity index (χ0n) is 12.8. The topological polar surface area (TPSA) is 67.4 Å². The van der Waals surface area contributed by atoms with Gasteiger partial charge in [0, 0.05) is 16.6 Å². The van der Waals surface area contributed by atoms with E-state index in [1.165, 1.54) is 6.08 Å². The van der Waals surface area contributed by atoms with Gasteiger partial charge in [-0.2, -0.15) is 0 Å². The van der Waals surface area contributed by atoms with Crippen molar-refractivity contribution in [2.24, 2.45) is 0 Å². The molecule has 1 aromatic carbocycles. The fourth-order valence-electron chi connectivity index (χ4n) is 2.18. The maximum Gasteiger partial charge on any atom is 0.265 e. The molecular formula is C17H16N2O3S. The normalized spacial score (nSPS) is 16.6. The van der Waals surface area contributed by atoms with Crippen LogP contribution in [0.25, 0.3) is 6.08 Å². The largest absolute Gasteiger partial charge is 0.479 e. The van der Waals surface area contributed by atoms with Crippen molar-refractivity contribution >= 4 is 40.6 Å². The monoisotopic (exact) mass is 328 g/mol. The Morgan fingerprint density at radius 1 is 1.39 bits per heavy atom. The van der Waals surface area contributed by atoms with E-state index < -0.39 is 6.10 Å².